The number of ether oxygens (including phenoxy) is 1. The second kappa shape index (κ2) is 7.09. The second-order valence-electron chi connectivity index (χ2n) is 6.48. The summed E-state index contributed by atoms with van der Waals surface area (Å²) in [4.78, 5) is 0.361. The Bertz CT molecular complexity index is 842. The topological polar surface area (TPSA) is 72.4 Å². The Balaban J connectivity index is 1.64. The van der Waals surface area contributed by atoms with E-state index < -0.39 is 10.0 Å². The minimum atomic E-state index is -3.45. The predicted octanol–water partition coefficient (Wildman–Crippen LogP) is 2.63. The van der Waals surface area contributed by atoms with E-state index in [1.165, 1.54) is 4.31 Å². The maximum atomic E-state index is 12.8. The van der Waals surface area contributed by atoms with Gasteiger partial charge >= 0.3 is 0 Å². The van der Waals surface area contributed by atoms with Crippen LogP contribution in [0.25, 0.3) is 0 Å². The summed E-state index contributed by atoms with van der Waals surface area (Å²) in [5.74, 6) is 0.487. The molecule has 1 saturated heterocycles. The Kier molecular flexibility index (Phi) is 5.06. The minimum absolute atomic E-state index is 0.0387. The van der Waals surface area contributed by atoms with Gasteiger partial charge in [0, 0.05) is 19.2 Å². The number of sulfonamides is 1. The lowest BCUT2D eigenvalue weighted by molar-refractivity contribution is 0.128. The van der Waals surface area contributed by atoms with Gasteiger partial charge in [-0.25, -0.2) is 8.42 Å². The van der Waals surface area contributed by atoms with Crippen LogP contribution >= 0.6 is 0 Å². The van der Waals surface area contributed by atoms with E-state index in [0.717, 1.165) is 16.8 Å². The van der Waals surface area contributed by atoms with Gasteiger partial charge in [-0.15, -0.1) is 5.10 Å². The molecule has 6 nitrogen and oxygen atoms in total. The molecule has 0 N–H and O–H groups in total. The van der Waals surface area contributed by atoms with Gasteiger partial charge in [0.1, 0.15) is 6.10 Å². The molecule has 134 valence electrons. The van der Waals surface area contributed by atoms with Crippen LogP contribution in [0.5, 0.6) is 5.88 Å². The molecule has 0 atom stereocenters. The lowest BCUT2D eigenvalue weighted by Crippen LogP contribution is -2.41. The van der Waals surface area contributed by atoms with Gasteiger partial charge in [0.2, 0.25) is 15.9 Å². The van der Waals surface area contributed by atoms with Crippen LogP contribution in [0.2, 0.25) is 0 Å². The zero-order chi connectivity index (χ0) is 18.0. The molecule has 1 aliphatic rings. The maximum absolute atomic E-state index is 12.8. The van der Waals surface area contributed by atoms with Crippen LogP contribution in [0.15, 0.2) is 35.2 Å². The average Bonchev–Trinajstić information content (AvgIpc) is 2.60. The molecular formula is C18H23N3O3S. The summed E-state index contributed by atoms with van der Waals surface area (Å²) >= 11 is 0. The van der Waals surface area contributed by atoms with Crippen molar-refractivity contribution in [3.63, 3.8) is 0 Å². The van der Waals surface area contributed by atoms with Crippen molar-refractivity contribution in [2.24, 2.45) is 0 Å². The molecule has 7 heteroatoms. The minimum Gasteiger partial charge on any atom is -0.473 e. The molecule has 2 aromatic rings. The smallest absolute Gasteiger partial charge is 0.243 e. The third kappa shape index (κ3) is 3.99. The van der Waals surface area contributed by atoms with Crippen LogP contribution in [-0.4, -0.2) is 42.1 Å². The number of piperidine rings is 1. The van der Waals surface area contributed by atoms with Gasteiger partial charge in [-0.1, -0.05) is 6.07 Å². The van der Waals surface area contributed by atoms with E-state index in [0.29, 0.717) is 36.7 Å². The summed E-state index contributed by atoms with van der Waals surface area (Å²) in [5, 5.41) is 7.97. The van der Waals surface area contributed by atoms with Crippen LogP contribution in [-0.2, 0) is 10.0 Å². The summed E-state index contributed by atoms with van der Waals surface area (Å²) < 4.78 is 33.0. The first kappa shape index (κ1) is 17.8. The number of benzene rings is 1. The Hall–Kier alpha value is -1.99. The largest absolute Gasteiger partial charge is 0.473 e. The average molecular weight is 361 g/mol. The second-order valence-corrected chi connectivity index (χ2v) is 8.42. The van der Waals surface area contributed by atoms with Crippen LogP contribution in [0.1, 0.15) is 29.7 Å². The third-order valence-electron chi connectivity index (χ3n) is 4.58. The van der Waals surface area contributed by atoms with Crippen LogP contribution in [0.3, 0.4) is 0 Å². The molecule has 0 radical (unpaired) electrons. The van der Waals surface area contributed by atoms with Crippen molar-refractivity contribution in [2.45, 2.75) is 44.6 Å². The highest BCUT2D eigenvalue weighted by atomic mass is 32.2. The molecule has 0 saturated carbocycles. The Morgan fingerprint density at radius 2 is 1.72 bits per heavy atom. The molecule has 0 bridgehead atoms. The highest BCUT2D eigenvalue weighted by Crippen LogP contribution is 2.24. The number of aromatic nitrogens is 2. The lowest BCUT2D eigenvalue weighted by atomic mass is 10.1. The lowest BCUT2D eigenvalue weighted by Gasteiger charge is -2.31. The van der Waals surface area contributed by atoms with Crippen molar-refractivity contribution in [3.05, 3.63) is 47.2 Å². The van der Waals surface area contributed by atoms with Crippen molar-refractivity contribution in [1.29, 1.82) is 0 Å². The van der Waals surface area contributed by atoms with Gasteiger partial charge in [0.15, 0.2) is 0 Å². The van der Waals surface area contributed by atoms with Crippen molar-refractivity contribution < 1.29 is 13.2 Å². The Morgan fingerprint density at radius 1 is 1.00 bits per heavy atom. The van der Waals surface area contributed by atoms with Gasteiger partial charge in [-0.05, 0) is 62.9 Å². The van der Waals surface area contributed by atoms with Gasteiger partial charge in [-0.3, -0.25) is 0 Å². The predicted molar refractivity (Wildman–Crippen MR) is 95.1 cm³/mol. The fourth-order valence-corrected chi connectivity index (χ4v) is 4.39. The number of nitrogens with zero attached hydrogens (tertiary/aromatic N) is 3. The van der Waals surface area contributed by atoms with E-state index in [4.69, 9.17) is 4.74 Å². The van der Waals surface area contributed by atoms with E-state index in [9.17, 15) is 8.42 Å². The molecule has 25 heavy (non-hydrogen) atoms. The standard InChI is InChI=1S/C18H23N3O3S/c1-13-4-6-17(12-14(13)2)25(22,23)21-10-8-16(9-11-21)24-18-7-5-15(3)19-20-18/h4-7,12,16H,8-11H2,1-3H3. The van der Waals surface area contributed by atoms with Gasteiger partial charge in [0.05, 0.1) is 10.6 Å². The van der Waals surface area contributed by atoms with Crippen molar-refractivity contribution >= 4 is 10.0 Å². The molecule has 1 fully saturated rings. The molecular weight excluding hydrogens is 338 g/mol. The van der Waals surface area contributed by atoms with Gasteiger partial charge < -0.3 is 4.74 Å². The fourth-order valence-electron chi connectivity index (χ4n) is 2.83. The molecule has 3 rings (SSSR count). The normalized spacial score (nSPS) is 16.8. The molecule has 0 amide bonds. The number of hydrogen-bond donors (Lipinski definition) is 0. The highest BCUT2D eigenvalue weighted by Gasteiger charge is 2.30. The highest BCUT2D eigenvalue weighted by molar-refractivity contribution is 7.89. The first-order valence-electron chi connectivity index (χ1n) is 8.40. The van der Waals surface area contributed by atoms with Crippen molar-refractivity contribution in [1.82, 2.24) is 14.5 Å². The fraction of sp³-hybridized carbons (Fsp3) is 0.444. The SMILES string of the molecule is Cc1ccc(OC2CCN(S(=O)(=O)c3ccc(C)c(C)c3)CC2)nn1. The molecule has 0 spiro atoms. The van der Waals surface area contributed by atoms with E-state index in [1.807, 2.05) is 32.9 Å². The quantitative estimate of drug-likeness (QED) is 0.837. The Morgan fingerprint density at radius 3 is 2.32 bits per heavy atom. The van der Waals surface area contributed by atoms with Crippen molar-refractivity contribution in [3.8, 4) is 5.88 Å². The molecule has 1 aromatic heterocycles. The molecule has 0 unspecified atom stereocenters. The van der Waals surface area contributed by atoms with E-state index in [-0.39, 0.29) is 6.10 Å². The van der Waals surface area contributed by atoms with Crippen LogP contribution < -0.4 is 4.74 Å². The zero-order valence-electron chi connectivity index (χ0n) is 14.8. The first-order chi connectivity index (χ1) is 11.9. The zero-order valence-corrected chi connectivity index (χ0v) is 15.6. The number of hydrogen-bond acceptors (Lipinski definition) is 5. The molecule has 2 heterocycles. The maximum Gasteiger partial charge on any atom is 0.243 e. The third-order valence-corrected chi connectivity index (χ3v) is 6.47. The summed E-state index contributed by atoms with van der Waals surface area (Å²) in [6, 6.07) is 8.92. The molecule has 1 aliphatic heterocycles. The molecule has 1 aromatic carbocycles. The van der Waals surface area contributed by atoms with Gasteiger partial charge in [0.25, 0.3) is 0 Å². The first-order valence-corrected chi connectivity index (χ1v) is 9.84. The summed E-state index contributed by atoms with van der Waals surface area (Å²) in [7, 11) is -3.45. The number of rotatable bonds is 4. The molecule has 0 aliphatic carbocycles. The van der Waals surface area contributed by atoms with Crippen LogP contribution in [0, 0.1) is 20.8 Å². The summed E-state index contributed by atoms with van der Waals surface area (Å²) in [6.45, 7) is 6.66. The number of aryl methyl sites for hydroxylation is 3. The summed E-state index contributed by atoms with van der Waals surface area (Å²) in [5.41, 5.74) is 2.91. The van der Waals surface area contributed by atoms with E-state index in [1.54, 1.807) is 18.2 Å². The van der Waals surface area contributed by atoms with Crippen molar-refractivity contribution in [2.75, 3.05) is 13.1 Å². The monoisotopic (exact) mass is 361 g/mol. The van der Waals surface area contributed by atoms with Crippen LogP contribution in [0.4, 0.5) is 0 Å². The van der Waals surface area contributed by atoms with E-state index in [2.05, 4.69) is 10.2 Å². The van der Waals surface area contributed by atoms with Gasteiger partial charge in [-0.2, -0.15) is 9.40 Å². The summed E-state index contributed by atoms with van der Waals surface area (Å²) in [6.07, 6.45) is 1.24. The Labute approximate surface area is 148 Å². The van der Waals surface area contributed by atoms with E-state index >= 15 is 0 Å².